The van der Waals surface area contributed by atoms with E-state index in [0.717, 1.165) is 36.4 Å². The molecule has 3 aromatic heterocycles. The van der Waals surface area contributed by atoms with Crippen molar-refractivity contribution in [1.29, 1.82) is 0 Å². The van der Waals surface area contributed by atoms with Gasteiger partial charge in [-0.1, -0.05) is 6.07 Å². The third-order valence-electron chi connectivity index (χ3n) is 4.81. The predicted molar refractivity (Wildman–Crippen MR) is 95.7 cm³/mol. The molecule has 6 heteroatoms. The molecule has 1 aliphatic rings. The van der Waals surface area contributed by atoms with Crippen LogP contribution in [0.3, 0.4) is 0 Å². The molecule has 0 spiro atoms. The minimum Gasteiger partial charge on any atom is -0.376 e. The minimum absolute atomic E-state index is 0.0891. The van der Waals surface area contributed by atoms with Crippen LogP contribution in [0.2, 0.25) is 0 Å². The van der Waals surface area contributed by atoms with Gasteiger partial charge in [-0.25, -0.2) is 9.97 Å². The predicted octanol–water partition coefficient (Wildman–Crippen LogP) is 1.46. The van der Waals surface area contributed by atoms with Crippen molar-refractivity contribution in [2.45, 2.75) is 31.8 Å². The Morgan fingerprint density at radius 2 is 2.27 bits per heavy atom. The number of nitrogens with zero attached hydrogens (tertiary/aromatic N) is 1. The molecule has 1 saturated heterocycles. The van der Waals surface area contributed by atoms with E-state index >= 15 is 0 Å². The topological polar surface area (TPSA) is 72.4 Å². The Balaban J connectivity index is 1.55. The number of hydrogen-bond donors (Lipinski definition) is 2. The molecule has 4 heterocycles. The summed E-state index contributed by atoms with van der Waals surface area (Å²) in [5.41, 5.74) is 2.62. The average Bonchev–Trinajstić information content (AvgIpc) is 3.06. The highest BCUT2D eigenvalue weighted by Gasteiger charge is 2.25. The molecule has 0 bridgehead atoms. The Kier molecular flexibility index (Phi) is 4.93. The molecule has 0 saturated carbocycles. The van der Waals surface area contributed by atoms with Gasteiger partial charge in [-0.15, -0.1) is 0 Å². The number of nitrogens with one attached hydrogen (secondary N) is 3. The third kappa shape index (κ3) is 3.60. The molecule has 1 aliphatic heterocycles. The second-order valence-electron chi connectivity index (χ2n) is 6.69. The van der Waals surface area contributed by atoms with Crippen molar-refractivity contribution in [2.24, 2.45) is 0 Å². The van der Waals surface area contributed by atoms with Crippen molar-refractivity contribution in [3.05, 3.63) is 66.0 Å². The lowest BCUT2D eigenvalue weighted by Gasteiger charge is -2.22. The van der Waals surface area contributed by atoms with Gasteiger partial charge in [0.05, 0.1) is 18.7 Å². The fourth-order valence-corrected chi connectivity index (χ4v) is 3.45. The van der Waals surface area contributed by atoms with Crippen LogP contribution in [0, 0.1) is 0 Å². The van der Waals surface area contributed by atoms with E-state index in [0.29, 0.717) is 18.7 Å². The van der Waals surface area contributed by atoms with Gasteiger partial charge in [-0.2, -0.15) is 4.40 Å². The molecule has 0 aliphatic carbocycles. The third-order valence-corrected chi connectivity index (χ3v) is 4.81. The molecule has 1 atom stereocenters. The summed E-state index contributed by atoms with van der Waals surface area (Å²) in [4.78, 5) is 19.2. The van der Waals surface area contributed by atoms with Gasteiger partial charge in [-0.3, -0.25) is 4.79 Å². The lowest BCUT2D eigenvalue weighted by Crippen LogP contribution is -2.35. The Bertz CT molecular complexity index is 885. The number of carbonyl (C=O) groups excluding carboxylic acids is 1. The van der Waals surface area contributed by atoms with Crippen molar-refractivity contribution in [3.8, 4) is 0 Å². The summed E-state index contributed by atoms with van der Waals surface area (Å²) in [7, 11) is 0. The zero-order valence-corrected chi connectivity index (χ0v) is 14.7. The lowest BCUT2D eigenvalue weighted by atomic mass is 10.1. The first-order valence-electron chi connectivity index (χ1n) is 9.17. The second kappa shape index (κ2) is 7.66. The number of ether oxygens (including phenoxy) is 1. The van der Waals surface area contributed by atoms with Crippen LogP contribution >= 0.6 is 0 Å². The molecular formula is C20H24N4O2+2. The molecule has 3 aromatic rings. The molecule has 26 heavy (non-hydrogen) atoms. The number of aromatic amines is 2. The van der Waals surface area contributed by atoms with Crippen molar-refractivity contribution < 1.29 is 18.9 Å². The number of imidazole rings is 1. The smallest absolute Gasteiger partial charge is 0.295 e. The lowest BCUT2D eigenvalue weighted by molar-refractivity contribution is -0.520. The molecular weight excluding hydrogens is 328 g/mol. The highest BCUT2D eigenvalue weighted by molar-refractivity contribution is 5.97. The van der Waals surface area contributed by atoms with E-state index in [9.17, 15) is 4.79 Å². The zero-order chi connectivity index (χ0) is 17.8. The quantitative estimate of drug-likeness (QED) is 0.683. The van der Waals surface area contributed by atoms with Crippen LogP contribution in [0.15, 0.2) is 48.9 Å². The SMILES string of the molecule is O=C(NCC1CCCCO1)c1[nH]c(Cc2ccc[nH+]c2)[n+]2ccccc12. The van der Waals surface area contributed by atoms with Gasteiger partial charge >= 0.3 is 0 Å². The van der Waals surface area contributed by atoms with E-state index in [2.05, 4.69) is 21.4 Å². The summed E-state index contributed by atoms with van der Waals surface area (Å²) in [5.74, 6) is 0.882. The van der Waals surface area contributed by atoms with Crippen molar-refractivity contribution >= 4 is 11.4 Å². The van der Waals surface area contributed by atoms with Gasteiger partial charge in [-0.05, 0) is 37.5 Å². The summed E-state index contributed by atoms with van der Waals surface area (Å²) in [6.07, 6.45) is 9.96. The Hall–Kier alpha value is -2.73. The Morgan fingerprint density at radius 3 is 3.08 bits per heavy atom. The number of H-pyrrole nitrogens is 2. The normalized spacial score (nSPS) is 17.3. The van der Waals surface area contributed by atoms with Crippen LogP contribution in [0.1, 0.15) is 41.1 Å². The van der Waals surface area contributed by atoms with Crippen LogP contribution in [0.25, 0.3) is 5.52 Å². The second-order valence-corrected chi connectivity index (χ2v) is 6.69. The van der Waals surface area contributed by atoms with Crippen LogP contribution < -0.4 is 14.7 Å². The molecule has 1 fully saturated rings. The van der Waals surface area contributed by atoms with Crippen LogP contribution in [-0.4, -0.2) is 30.1 Å². The molecule has 1 amide bonds. The summed E-state index contributed by atoms with van der Waals surface area (Å²) in [6.45, 7) is 1.35. The monoisotopic (exact) mass is 352 g/mol. The van der Waals surface area contributed by atoms with E-state index in [1.807, 2.05) is 47.3 Å². The molecule has 134 valence electrons. The van der Waals surface area contributed by atoms with Gasteiger partial charge in [0.2, 0.25) is 5.69 Å². The summed E-state index contributed by atoms with van der Waals surface area (Å²) in [5, 5.41) is 3.02. The van der Waals surface area contributed by atoms with Gasteiger partial charge in [0.25, 0.3) is 11.7 Å². The first-order valence-corrected chi connectivity index (χ1v) is 9.17. The highest BCUT2D eigenvalue weighted by Crippen LogP contribution is 2.13. The Labute approximate surface area is 152 Å². The number of pyridine rings is 2. The maximum atomic E-state index is 12.7. The first kappa shape index (κ1) is 16.7. The largest absolute Gasteiger partial charge is 0.376 e. The number of hydrogen-bond acceptors (Lipinski definition) is 2. The van der Waals surface area contributed by atoms with Crippen LogP contribution in [-0.2, 0) is 11.2 Å². The fraction of sp³-hybridized carbons (Fsp3) is 0.350. The van der Waals surface area contributed by atoms with E-state index in [1.165, 1.54) is 6.42 Å². The van der Waals surface area contributed by atoms with Crippen molar-refractivity contribution in [2.75, 3.05) is 13.2 Å². The van der Waals surface area contributed by atoms with E-state index in [1.54, 1.807) is 0 Å². The summed E-state index contributed by atoms with van der Waals surface area (Å²) >= 11 is 0. The number of rotatable bonds is 5. The fourth-order valence-electron chi connectivity index (χ4n) is 3.45. The number of amides is 1. The zero-order valence-electron chi connectivity index (χ0n) is 14.7. The number of aromatic nitrogens is 3. The van der Waals surface area contributed by atoms with Gasteiger partial charge < -0.3 is 10.1 Å². The Morgan fingerprint density at radius 1 is 1.31 bits per heavy atom. The highest BCUT2D eigenvalue weighted by atomic mass is 16.5. The minimum atomic E-state index is -0.0891. The van der Waals surface area contributed by atoms with Crippen LogP contribution in [0.4, 0.5) is 0 Å². The maximum absolute atomic E-state index is 12.7. The van der Waals surface area contributed by atoms with E-state index in [-0.39, 0.29) is 12.0 Å². The summed E-state index contributed by atoms with van der Waals surface area (Å²) in [6, 6.07) is 9.92. The number of fused-ring (bicyclic) bond motifs is 1. The molecule has 1 unspecified atom stereocenters. The molecule has 3 N–H and O–H groups in total. The number of carbonyl (C=O) groups is 1. The van der Waals surface area contributed by atoms with Crippen molar-refractivity contribution in [3.63, 3.8) is 0 Å². The van der Waals surface area contributed by atoms with Gasteiger partial charge in [0, 0.05) is 24.8 Å². The van der Waals surface area contributed by atoms with Crippen molar-refractivity contribution in [1.82, 2.24) is 10.3 Å². The standard InChI is InChI=1S/C20H22N4O2/c25-20(22-14-16-7-2-4-11-26-16)19-17-8-1-3-10-24(17)18(23-19)12-15-6-5-9-21-13-15/h1,3,5-6,8-10,13,16H,2,4,7,11-12,14H2,(H,22,25)/p+2. The molecule has 6 nitrogen and oxygen atoms in total. The van der Waals surface area contributed by atoms with E-state index in [4.69, 9.17) is 4.74 Å². The van der Waals surface area contributed by atoms with E-state index < -0.39 is 0 Å². The summed E-state index contributed by atoms with van der Waals surface area (Å²) < 4.78 is 7.74. The van der Waals surface area contributed by atoms with Gasteiger partial charge in [0.1, 0.15) is 0 Å². The molecule has 4 rings (SSSR count). The van der Waals surface area contributed by atoms with Gasteiger partial charge in [0.15, 0.2) is 17.9 Å². The molecule has 0 radical (unpaired) electrons. The molecule has 0 aromatic carbocycles. The van der Waals surface area contributed by atoms with Crippen LogP contribution in [0.5, 0.6) is 0 Å². The maximum Gasteiger partial charge on any atom is 0.295 e. The average molecular weight is 352 g/mol. The first-order chi connectivity index (χ1) is 12.8.